The Labute approximate surface area is 112 Å². The molecule has 5 nitrogen and oxygen atoms in total. The molecule has 6 heteroatoms. The lowest BCUT2D eigenvalue weighted by Crippen LogP contribution is -2.15. The maximum Gasteiger partial charge on any atom is 0.238 e. The summed E-state index contributed by atoms with van der Waals surface area (Å²) in [6, 6.07) is 6.79. The molecule has 1 atom stereocenters. The normalized spacial score (nSPS) is 27.5. The standard InChI is InChI=1S/C13H15N3O2S/c14-19(17,18)12-3-1-2-11(6-12)13(9-16-13)7-10-4-5-15-8-10/h1-7,15-16H,8-9H2,(H2,14,17,18)/b10-7-. The van der Waals surface area contributed by atoms with Crippen LogP contribution in [-0.2, 0) is 15.6 Å². The summed E-state index contributed by atoms with van der Waals surface area (Å²) < 4.78 is 22.8. The predicted octanol–water partition coefficient (Wildman–Crippen LogP) is 0.176. The van der Waals surface area contributed by atoms with E-state index in [-0.39, 0.29) is 10.4 Å². The molecule has 19 heavy (non-hydrogen) atoms. The fourth-order valence-corrected chi connectivity index (χ4v) is 2.81. The van der Waals surface area contributed by atoms with Gasteiger partial charge in [0, 0.05) is 13.1 Å². The molecule has 2 aliphatic heterocycles. The van der Waals surface area contributed by atoms with Gasteiger partial charge in [0.1, 0.15) is 0 Å². The molecule has 3 rings (SSSR count). The molecule has 0 amide bonds. The van der Waals surface area contributed by atoms with E-state index in [1.165, 1.54) is 11.6 Å². The van der Waals surface area contributed by atoms with Gasteiger partial charge in [-0.15, -0.1) is 0 Å². The van der Waals surface area contributed by atoms with E-state index in [0.717, 1.165) is 18.7 Å². The molecule has 0 bridgehead atoms. The van der Waals surface area contributed by atoms with Gasteiger partial charge in [-0.25, -0.2) is 13.6 Å². The van der Waals surface area contributed by atoms with E-state index in [1.54, 1.807) is 12.1 Å². The second-order valence-corrected chi connectivity index (χ2v) is 6.39. The number of nitrogens with one attached hydrogen (secondary N) is 2. The van der Waals surface area contributed by atoms with Crippen molar-refractivity contribution < 1.29 is 8.42 Å². The first-order valence-corrected chi connectivity index (χ1v) is 7.54. The van der Waals surface area contributed by atoms with Crippen molar-refractivity contribution in [2.75, 3.05) is 13.1 Å². The minimum absolute atomic E-state index is 0.150. The van der Waals surface area contributed by atoms with Crippen molar-refractivity contribution in [3.05, 3.63) is 53.8 Å². The van der Waals surface area contributed by atoms with E-state index < -0.39 is 10.0 Å². The van der Waals surface area contributed by atoms with E-state index in [2.05, 4.69) is 16.7 Å². The second kappa shape index (κ2) is 4.19. The maximum absolute atomic E-state index is 11.4. The fourth-order valence-electron chi connectivity index (χ4n) is 2.25. The molecule has 1 saturated heterocycles. The quantitative estimate of drug-likeness (QED) is 0.687. The van der Waals surface area contributed by atoms with Gasteiger partial charge in [-0.2, -0.15) is 0 Å². The summed E-state index contributed by atoms with van der Waals surface area (Å²) in [4.78, 5) is 0.150. The van der Waals surface area contributed by atoms with Crippen LogP contribution < -0.4 is 15.8 Å². The molecule has 1 aromatic carbocycles. The van der Waals surface area contributed by atoms with Gasteiger partial charge in [-0.1, -0.05) is 18.2 Å². The number of rotatable bonds is 3. The smallest absolute Gasteiger partial charge is 0.238 e. The Morgan fingerprint density at radius 2 is 2.16 bits per heavy atom. The van der Waals surface area contributed by atoms with Crippen LogP contribution in [0, 0.1) is 0 Å². The van der Waals surface area contributed by atoms with Gasteiger partial charge >= 0.3 is 0 Å². The van der Waals surface area contributed by atoms with Crippen molar-refractivity contribution in [1.82, 2.24) is 10.6 Å². The van der Waals surface area contributed by atoms with Crippen LogP contribution in [0.25, 0.3) is 0 Å². The van der Waals surface area contributed by atoms with Crippen LogP contribution in [0.5, 0.6) is 0 Å². The highest BCUT2D eigenvalue weighted by Crippen LogP contribution is 2.34. The predicted molar refractivity (Wildman–Crippen MR) is 72.7 cm³/mol. The van der Waals surface area contributed by atoms with Gasteiger partial charge in [0.05, 0.1) is 10.4 Å². The second-order valence-electron chi connectivity index (χ2n) is 4.83. The topological polar surface area (TPSA) is 94.1 Å². The van der Waals surface area contributed by atoms with Crippen molar-refractivity contribution in [3.8, 4) is 0 Å². The van der Waals surface area contributed by atoms with Crippen LogP contribution in [0.3, 0.4) is 0 Å². The first-order valence-electron chi connectivity index (χ1n) is 6.00. The molecule has 4 N–H and O–H groups in total. The minimum Gasteiger partial charge on any atom is -0.387 e. The van der Waals surface area contributed by atoms with Crippen molar-refractivity contribution >= 4 is 10.0 Å². The van der Waals surface area contributed by atoms with Gasteiger partial charge < -0.3 is 10.6 Å². The zero-order valence-electron chi connectivity index (χ0n) is 10.3. The minimum atomic E-state index is -3.66. The molecule has 2 heterocycles. The van der Waals surface area contributed by atoms with Gasteiger partial charge in [0.2, 0.25) is 10.0 Å². The Morgan fingerprint density at radius 1 is 1.37 bits per heavy atom. The molecule has 0 saturated carbocycles. The van der Waals surface area contributed by atoms with Crippen molar-refractivity contribution in [2.45, 2.75) is 10.4 Å². The summed E-state index contributed by atoms with van der Waals surface area (Å²) in [5.41, 5.74) is 1.85. The Balaban J connectivity index is 1.98. The molecule has 100 valence electrons. The number of nitrogens with two attached hydrogens (primary N) is 1. The highest BCUT2D eigenvalue weighted by atomic mass is 32.2. The van der Waals surface area contributed by atoms with Crippen molar-refractivity contribution in [3.63, 3.8) is 0 Å². The molecule has 1 aromatic rings. The number of hydrogen-bond acceptors (Lipinski definition) is 4. The first-order chi connectivity index (χ1) is 9.00. The van der Waals surface area contributed by atoms with Gasteiger partial charge in [-0.05, 0) is 35.5 Å². The third-order valence-corrected chi connectivity index (χ3v) is 4.30. The van der Waals surface area contributed by atoms with Gasteiger partial charge in [-0.3, -0.25) is 0 Å². The highest BCUT2D eigenvalue weighted by molar-refractivity contribution is 7.89. The van der Waals surface area contributed by atoms with Gasteiger partial charge in [0.15, 0.2) is 0 Å². The Hall–Kier alpha value is -1.63. The molecular formula is C13H15N3O2S. The Morgan fingerprint density at radius 3 is 2.74 bits per heavy atom. The first kappa shape index (κ1) is 12.4. The summed E-state index contributed by atoms with van der Waals surface area (Å²) in [7, 11) is -3.66. The van der Waals surface area contributed by atoms with E-state index in [0.29, 0.717) is 0 Å². The Kier molecular flexibility index (Phi) is 2.74. The summed E-state index contributed by atoms with van der Waals surface area (Å²) >= 11 is 0. The monoisotopic (exact) mass is 277 g/mol. The average molecular weight is 277 g/mol. The largest absolute Gasteiger partial charge is 0.387 e. The lowest BCUT2D eigenvalue weighted by Gasteiger charge is -2.11. The zero-order chi connectivity index (χ0) is 13.5. The van der Waals surface area contributed by atoms with Crippen LogP contribution in [-0.4, -0.2) is 21.5 Å². The molecule has 0 aromatic heterocycles. The lowest BCUT2D eigenvalue weighted by molar-refractivity contribution is 0.597. The molecule has 2 aliphatic rings. The molecule has 1 fully saturated rings. The third-order valence-electron chi connectivity index (χ3n) is 3.39. The van der Waals surface area contributed by atoms with E-state index in [4.69, 9.17) is 5.14 Å². The molecule has 0 aliphatic carbocycles. The van der Waals surface area contributed by atoms with E-state index in [9.17, 15) is 8.42 Å². The van der Waals surface area contributed by atoms with Crippen LogP contribution in [0.4, 0.5) is 0 Å². The summed E-state index contributed by atoms with van der Waals surface area (Å²) in [6.45, 7) is 1.61. The van der Waals surface area contributed by atoms with Gasteiger partial charge in [0.25, 0.3) is 0 Å². The fraction of sp³-hybridized carbons (Fsp3) is 0.231. The van der Waals surface area contributed by atoms with Crippen LogP contribution in [0.15, 0.2) is 53.1 Å². The average Bonchev–Trinajstić information content (AvgIpc) is 2.96. The molecule has 1 unspecified atom stereocenters. The summed E-state index contributed by atoms with van der Waals surface area (Å²) in [6.07, 6.45) is 6.06. The third kappa shape index (κ3) is 2.42. The molecule has 0 radical (unpaired) electrons. The van der Waals surface area contributed by atoms with Crippen molar-refractivity contribution in [1.29, 1.82) is 0 Å². The number of hydrogen-bond donors (Lipinski definition) is 3. The van der Waals surface area contributed by atoms with E-state index in [1.807, 2.05) is 18.3 Å². The summed E-state index contributed by atoms with van der Waals surface area (Å²) in [5, 5.41) is 11.6. The van der Waals surface area contributed by atoms with Crippen LogP contribution >= 0.6 is 0 Å². The van der Waals surface area contributed by atoms with Crippen molar-refractivity contribution in [2.24, 2.45) is 5.14 Å². The molecular weight excluding hydrogens is 262 g/mol. The maximum atomic E-state index is 11.4. The van der Waals surface area contributed by atoms with Crippen LogP contribution in [0.1, 0.15) is 5.56 Å². The summed E-state index contributed by atoms with van der Waals surface area (Å²) in [5.74, 6) is 0. The molecule has 0 spiro atoms. The Bertz CT molecular complexity index is 673. The SMILES string of the molecule is NS(=O)(=O)c1cccc(C2(/C=C3/C=CNC3)CN2)c1. The highest BCUT2D eigenvalue weighted by Gasteiger charge is 2.42. The number of sulfonamides is 1. The van der Waals surface area contributed by atoms with E-state index >= 15 is 0 Å². The number of benzene rings is 1. The zero-order valence-corrected chi connectivity index (χ0v) is 11.1. The van der Waals surface area contributed by atoms with Crippen LogP contribution in [0.2, 0.25) is 0 Å². The lowest BCUT2D eigenvalue weighted by atomic mass is 9.96. The number of primary sulfonamides is 1.